The average molecular weight is 391 g/mol. The second-order valence-corrected chi connectivity index (χ2v) is 7.23. The Kier molecular flexibility index (Phi) is 6.08. The number of alkyl halides is 3. The van der Waals surface area contributed by atoms with E-state index in [1.807, 2.05) is 36.1 Å². The number of rotatable bonds is 5. The molecule has 3 nitrogen and oxygen atoms in total. The van der Waals surface area contributed by atoms with Crippen molar-refractivity contribution in [3.05, 3.63) is 70.8 Å². The van der Waals surface area contributed by atoms with E-state index in [0.717, 1.165) is 23.6 Å². The lowest BCUT2D eigenvalue weighted by molar-refractivity contribution is -0.143. The minimum absolute atomic E-state index is 0.216. The first-order valence-corrected chi connectivity index (χ1v) is 9.53. The van der Waals surface area contributed by atoms with Crippen LogP contribution in [0, 0.1) is 5.92 Å². The lowest BCUT2D eigenvalue weighted by Crippen LogP contribution is -2.39. The normalized spacial score (nSPS) is 17.4. The molecule has 0 radical (unpaired) electrons. The summed E-state index contributed by atoms with van der Waals surface area (Å²) in [5, 5.41) is 9.24. The second kappa shape index (κ2) is 8.35. The molecule has 1 fully saturated rings. The summed E-state index contributed by atoms with van der Waals surface area (Å²) in [6.45, 7) is 2.93. The molecule has 0 bridgehead atoms. The maximum absolute atomic E-state index is 13.7. The van der Waals surface area contributed by atoms with E-state index in [1.54, 1.807) is 6.07 Å². The monoisotopic (exact) mass is 391 g/mol. The summed E-state index contributed by atoms with van der Waals surface area (Å²) in [6, 6.07) is 12.8. The minimum atomic E-state index is -4.45. The number of carboxylic acids is 1. The van der Waals surface area contributed by atoms with Crippen molar-refractivity contribution in [2.24, 2.45) is 5.92 Å². The fourth-order valence-corrected chi connectivity index (χ4v) is 3.92. The van der Waals surface area contributed by atoms with Gasteiger partial charge >= 0.3 is 12.1 Å². The first kappa shape index (κ1) is 20.4. The van der Waals surface area contributed by atoms with Gasteiger partial charge in [-0.15, -0.1) is 0 Å². The molecule has 2 aromatic rings. The van der Waals surface area contributed by atoms with Crippen LogP contribution in [0.5, 0.6) is 0 Å². The Labute approximate surface area is 162 Å². The van der Waals surface area contributed by atoms with Crippen molar-refractivity contribution in [2.75, 3.05) is 13.1 Å². The highest BCUT2D eigenvalue weighted by atomic mass is 19.4. The van der Waals surface area contributed by atoms with Crippen LogP contribution in [0.2, 0.25) is 0 Å². The van der Waals surface area contributed by atoms with Gasteiger partial charge in [0.1, 0.15) is 0 Å². The van der Waals surface area contributed by atoms with Gasteiger partial charge in [0.05, 0.1) is 17.5 Å². The third-order valence-corrected chi connectivity index (χ3v) is 5.51. The third kappa shape index (κ3) is 4.38. The van der Waals surface area contributed by atoms with Crippen molar-refractivity contribution in [3.63, 3.8) is 0 Å². The molecule has 6 heteroatoms. The summed E-state index contributed by atoms with van der Waals surface area (Å²) >= 11 is 0. The van der Waals surface area contributed by atoms with E-state index in [4.69, 9.17) is 0 Å². The summed E-state index contributed by atoms with van der Waals surface area (Å²) < 4.78 is 41.0. The molecule has 1 saturated heterocycles. The molecule has 1 aliphatic rings. The van der Waals surface area contributed by atoms with E-state index in [1.165, 1.54) is 12.1 Å². The molecule has 0 aliphatic carbocycles. The Hall–Kier alpha value is -2.34. The van der Waals surface area contributed by atoms with Crippen molar-refractivity contribution in [2.45, 2.75) is 38.4 Å². The summed E-state index contributed by atoms with van der Waals surface area (Å²) in [6.07, 6.45) is -2.72. The number of aryl methyl sites for hydroxylation is 1. The van der Waals surface area contributed by atoms with Gasteiger partial charge in [-0.3, -0.25) is 9.69 Å². The summed E-state index contributed by atoms with van der Waals surface area (Å²) in [5.41, 5.74) is 1.49. The van der Waals surface area contributed by atoms with E-state index >= 15 is 0 Å². The standard InChI is InChI=1S/C22H24F3NO2/c1-2-15-7-9-16(10-8-15)20(26-13-11-17(12-14-26)21(27)28)18-5-3-4-6-19(18)22(23,24)25/h3-10,17,20H,2,11-14H2,1H3,(H,27,28). The van der Waals surface area contributed by atoms with E-state index in [-0.39, 0.29) is 5.56 Å². The fourth-order valence-electron chi connectivity index (χ4n) is 3.92. The second-order valence-electron chi connectivity index (χ2n) is 7.23. The highest BCUT2D eigenvalue weighted by Crippen LogP contribution is 2.40. The maximum Gasteiger partial charge on any atom is 0.416 e. The molecule has 1 heterocycles. The number of halogens is 3. The van der Waals surface area contributed by atoms with Crippen molar-refractivity contribution in [1.29, 1.82) is 0 Å². The van der Waals surface area contributed by atoms with Crippen LogP contribution >= 0.6 is 0 Å². The Bertz CT molecular complexity index is 809. The van der Waals surface area contributed by atoms with Gasteiger partial charge < -0.3 is 5.11 Å². The molecule has 1 atom stereocenters. The maximum atomic E-state index is 13.7. The van der Waals surface area contributed by atoms with Gasteiger partial charge in [0.25, 0.3) is 0 Å². The number of likely N-dealkylation sites (tertiary alicyclic amines) is 1. The van der Waals surface area contributed by atoms with Crippen LogP contribution in [-0.4, -0.2) is 29.1 Å². The predicted molar refractivity (Wildman–Crippen MR) is 101 cm³/mol. The topological polar surface area (TPSA) is 40.5 Å². The quantitative estimate of drug-likeness (QED) is 0.766. The number of aliphatic carboxylic acids is 1. The Balaban J connectivity index is 2.02. The van der Waals surface area contributed by atoms with Crippen molar-refractivity contribution in [1.82, 2.24) is 4.90 Å². The van der Waals surface area contributed by atoms with Gasteiger partial charge in [-0.05, 0) is 55.1 Å². The zero-order valence-corrected chi connectivity index (χ0v) is 15.7. The van der Waals surface area contributed by atoms with Gasteiger partial charge in [0.15, 0.2) is 0 Å². The fraction of sp³-hybridized carbons (Fsp3) is 0.409. The molecule has 28 heavy (non-hydrogen) atoms. The van der Waals surface area contributed by atoms with Gasteiger partial charge in [-0.25, -0.2) is 0 Å². The Morgan fingerprint density at radius 2 is 1.71 bits per heavy atom. The molecular formula is C22H24F3NO2. The number of carbonyl (C=O) groups is 1. The number of benzene rings is 2. The number of hydrogen-bond acceptors (Lipinski definition) is 2. The zero-order chi connectivity index (χ0) is 20.3. The highest BCUT2D eigenvalue weighted by Gasteiger charge is 2.38. The molecular weight excluding hydrogens is 367 g/mol. The molecule has 150 valence electrons. The average Bonchev–Trinajstić information content (AvgIpc) is 2.69. The molecule has 0 spiro atoms. The van der Waals surface area contributed by atoms with Gasteiger partial charge in [-0.1, -0.05) is 49.4 Å². The summed E-state index contributed by atoms with van der Waals surface area (Å²) in [4.78, 5) is 13.2. The molecule has 0 saturated carbocycles. The molecule has 1 aliphatic heterocycles. The van der Waals surface area contributed by atoms with Crippen LogP contribution in [-0.2, 0) is 17.4 Å². The van der Waals surface area contributed by atoms with Crippen LogP contribution in [0.25, 0.3) is 0 Å². The molecule has 0 amide bonds. The van der Waals surface area contributed by atoms with Gasteiger partial charge in [-0.2, -0.15) is 13.2 Å². The molecule has 2 aromatic carbocycles. The molecule has 1 N–H and O–H groups in total. The molecule has 0 aromatic heterocycles. The molecule has 1 unspecified atom stereocenters. The predicted octanol–water partition coefficient (Wildman–Crippen LogP) is 5.15. The molecule has 3 rings (SSSR count). The number of carboxylic acid groups (broad SMARTS) is 1. The number of nitrogens with zero attached hydrogens (tertiary/aromatic N) is 1. The zero-order valence-electron chi connectivity index (χ0n) is 15.7. The highest BCUT2D eigenvalue weighted by molar-refractivity contribution is 5.70. The van der Waals surface area contributed by atoms with Gasteiger partial charge in [0, 0.05) is 0 Å². The third-order valence-electron chi connectivity index (χ3n) is 5.51. The lowest BCUT2D eigenvalue weighted by Gasteiger charge is -2.38. The Morgan fingerprint density at radius 3 is 2.25 bits per heavy atom. The van der Waals surface area contributed by atoms with Crippen molar-refractivity contribution < 1.29 is 23.1 Å². The lowest BCUT2D eigenvalue weighted by atomic mass is 9.88. The summed E-state index contributed by atoms with van der Waals surface area (Å²) in [7, 11) is 0. The first-order valence-electron chi connectivity index (χ1n) is 9.53. The van der Waals surface area contributed by atoms with E-state index < -0.39 is 29.7 Å². The van der Waals surface area contributed by atoms with Crippen molar-refractivity contribution >= 4 is 5.97 Å². The van der Waals surface area contributed by atoms with Crippen LogP contribution in [0.1, 0.15) is 48.1 Å². The van der Waals surface area contributed by atoms with Crippen molar-refractivity contribution in [3.8, 4) is 0 Å². The van der Waals surface area contributed by atoms with Crippen LogP contribution in [0.3, 0.4) is 0 Å². The van der Waals surface area contributed by atoms with Crippen LogP contribution in [0.4, 0.5) is 13.2 Å². The summed E-state index contributed by atoms with van der Waals surface area (Å²) in [5.74, 6) is -1.27. The first-order chi connectivity index (χ1) is 13.3. The number of piperidine rings is 1. The smallest absolute Gasteiger partial charge is 0.416 e. The number of hydrogen-bond donors (Lipinski definition) is 1. The largest absolute Gasteiger partial charge is 0.481 e. The van der Waals surface area contributed by atoms with E-state index in [9.17, 15) is 23.1 Å². The van der Waals surface area contributed by atoms with Gasteiger partial charge in [0.2, 0.25) is 0 Å². The minimum Gasteiger partial charge on any atom is -0.481 e. The van der Waals surface area contributed by atoms with E-state index in [0.29, 0.717) is 25.9 Å². The Morgan fingerprint density at radius 1 is 1.11 bits per heavy atom. The SMILES string of the molecule is CCc1ccc(C(c2ccccc2C(F)(F)F)N2CCC(C(=O)O)CC2)cc1. The van der Waals surface area contributed by atoms with Crippen LogP contribution < -0.4 is 0 Å². The van der Waals surface area contributed by atoms with E-state index in [2.05, 4.69) is 0 Å². The van der Waals surface area contributed by atoms with Crippen LogP contribution in [0.15, 0.2) is 48.5 Å².